The third-order valence-corrected chi connectivity index (χ3v) is 1.25. The van der Waals surface area contributed by atoms with Gasteiger partial charge in [0.2, 0.25) is 0 Å². The molecule has 1 aliphatic rings. The minimum atomic E-state index is -4.32. The quantitative estimate of drug-likeness (QED) is 0.520. The van der Waals surface area contributed by atoms with E-state index in [1.54, 1.807) is 0 Å². The smallest absolute Gasteiger partial charge is 0.208 e. The van der Waals surface area contributed by atoms with Crippen LogP contribution in [0.2, 0.25) is 0 Å². The van der Waals surface area contributed by atoms with E-state index in [1.807, 2.05) is 6.01 Å². The molecule has 0 bridgehead atoms. The third-order valence-electron chi connectivity index (χ3n) is 1.25. The van der Waals surface area contributed by atoms with E-state index in [9.17, 15) is 13.2 Å². The van der Waals surface area contributed by atoms with E-state index in [1.165, 1.54) is 6.92 Å². The predicted octanol–water partition coefficient (Wildman–Crippen LogP) is 2.01. The molecule has 0 spiro atoms. The highest BCUT2D eigenvalue weighted by molar-refractivity contribution is 5.47. The highest BCUT2D eigenvalue weighted by atomic mass is 19.4. The van der Waals surface area contributed by atoms with Crippen LogP contribution in [0, 0.1) is 0 Å². The van der Waals surface area contributed by atoms with Crippen molar-refractivity contribution < 1.29 is 13.2 Å². The first-order valence-electron chi connectivity index (χ1n) is 2.90. The minimum absolute atomic E-state index is 0.0938. The van der Waals surface area contributed by atoms with E-state index >= 15 is 0 Å². The molecule has 0 aromatic rings. The summed E-state index contributed by atoms with van der Waals surface area (Å²) in [4.78, 5) is 6.41. The predicted molar refractivity (Wildman–Crippen MR) is 33.5 cm³/mol. The van der Waals surface area contributed by atoms with Crippen LogP contribution in [0.1, 0.15) is 6.92 Å². The molecule has 0 aromatic carbocycles. The van der Waals surface area contributed by atoms with Gasteiger partial charge >= 0.3 is 6.18 Å². The van der Waals surface area contributed by atoms with Crippen LogP contribution >= 0.6 is 0 Å². The van der Waals surface area contributed by atoms with E-state index in [2.05, 4.69) is 9.98 Å². The minimum Gasteiger partial charge on any atom is -0.208 e. The van der Waals surface area contributed by atoms with Gasteiger partial charge in [-0.25, -0.2) is 4.99 Å². The van der Waals surface area contributed by atoms with Gasteiger partial charge in [0, 0.05) is 6.20 Å². The Bertz CT molecular complexity index is 245. The number of hydrogen-bond acceptors (Lipinski definition) is 2. The Morgan fingerprint density at radius 2 is 2.18 bits per heavy atom. The first-order valence-corrected chi connectivity index (χ1v) is 2.90. The van der Waals surface area contributed by atoms with E-state index in [0.717, 1.165) is 6.20 Å². The van der Waals surface area contributed by atoms with Gasteiger partial charge in [0.25, 0.3) is 0 Å². The van der Waals surface area contributed by atoms with Gasteiger partial charge in [-0.2, -0.15) is 18.2 Å². The molecule has 60 valence electrons. The third kappa shape index (κ3) is 1.68. The zero-order valence-electron chi connectivity index (χ0n) is 5.68. The van der Waals surface area contributed by atoms with Crippen molar-refractivity contribution in [2.75, 3.05) is 0 Å². The lowest BCUT2D eigenvalue weighted by molar-refractivity contribution is -0.138. The van der Waals surface area contributed by atoms with Crippen LogP contribution in [0.5, 0.6) is 0 Å². The molecule has 1 heterocycles. The summed E-state index contributed by atoms with van der Waals surface area (Å²) in [6.07, 6.45) is -3.20. The molecule has 11 heavy (non-hydrogen) atoms. The molecule has 5 heteroatoms. The topological polar surface area (TPSA) is 24.7 Å². The maximum atomic E-state index is 12.0. The summed E-state index contributed by atoms with van der Waals surface area (Å²) in [6, 6.07) is 0.175. The Morgan fingerprint density at radius 1 is 1.55 bits per heavy atom. The zero-order chi connectivity index (χ0) is 8.48. The molecule has 0 saturated carbocycles. The van der Waals surface area contributed by atoms with Crippen LogP contribution in [0.4, 0.5) is 13.2 Å². The summed E-state index contributed by atoms with van der Waals surface area (Å²) in [7, 11) is 0. The molecule has 1 unspecified atom stereocenters. The van der Waals surface area contributed by atoms with Crippen molar-refractivity contribution >= 4 is 6.01 Å². The molecular weight excluding hydrogens is 157 g/mol. The Morgan fingerprint density at radius 3 is 2.55 bits per heavy atom. The fourth-order valence-electron chi connectivity index (χ4n) is 0.726. The molecule has 0 radical (unpaired) electrons. The van der Waals surface area contributed by atoms with Crippen LogP contribution in [-0.4, -0.2) is 18.2 Å². The summed E-state index contributed by atoms with van der Waals surface area (Å²) in [6.45, 7) is 1.34. The molecule has 1 rings (SSSR count). The molecule has 0 N–H and O–H groups in total. The Kier molecular flexibility index (Phi) is 1.83. The second kappa shape index (κ2) is 2.51. The lowest BCUT2D eigenvalue weighted by atomic mass is 10.1. The molecule has 0 saturated heterocycles. The second-order valence-corrected chi connectivity index (χ2v) is 2.18. The largest absolute Gasteiger partial charge is 0.415 e. The number of nitrogens with zero attached hydrogens (tertiary/aromatic N) is 2. The SMILES string of the molecule is CC1=CN=C=NC1C(F)(F)F. The fourth-order valence-corrected chi connectivity index (χ4v) is 0.726. The first-order chi connectivity index (χ1) is 5.02. The summed E-state index contributed by atoms with van der Waals surface area (Å²) < 4.78 is 35.9. The normalized spacial score (nSPS) is 23.6. The van der Waals surface area contributed by atoms with Crippen LogP contribution in [0.15, 0.2) is 21.8 Å². The summed E-state index contributed by atoms with van der Waals surface area (Å²) in [5, 5.41) is 0. The Labute approximate surface area is 61.2 Å². The maximum Gasteiger partial charge on any atom is 0.415 e. The average molecular weight is 162 g/mol. The van der Waals surface area contributed by atoms with Gasteiger partial charge < -0.3 is 0 Å². The van der Waals surface area contributed by atoms with Gasteiger partial charge in [0.15, 0.2) is 6.04 Å². The average Bonchev–Trinajstić information content (AvgIpc) is 1.86. The molecule has 1 aliphatic heterocycles. The zero-order valence-corrected chi connectivity index (χ0v) is 5.68. The Hall–Kier alpha value is -1.09. The lowest BCUT2D eigenvalue weighted by Crippen LogP contribution is -2.28. The molecule has 1 atom stereocenters. The van der Waals surface area contributed by atoms with Crippen LogP contribution in [0.3, 0.4) is 0 Å². The first kappa shape index (κ1) is 8.01. The van der Waals surface area contributed by atoms with Gasteiger partial charge in [-0.3, -0.25) is 0 Å². The van der Waals surface area contributed by atoms with Crippen molar-refractivity contribution in [1.82, 2.24) is 0 Å². The molecule has 0 amide bonds. The van der Waals surface area contributed by atoms with Crippen molar-refractivity contribution in [1.29, 1.82) is 0 Å². The van der Waals surface area contributed by atoms with Crippen molar-refractivity contribution in [2.45, 2.75) is 19.1 Å². The Balaban J connectivity index is 2.91. The number of rotatable bonds is 0. The molecule has 0 fully saturated rings. The molecule has 0 aliphatic carbocycles. The van der Waals surface area contributed by atoms with E-state index < -0.39 is 12.2 Å². The van der Waals surface area contributed by atoms with Gasteiger partial charge in [-0.05, 0) is 12.5 Å². The van der Waals surface area contributed by atoms with Crippen LogP contribution in [0.25, 0.3) is 0 Å². The highest BCUT2D eigenvalue weighted by Crippen LogP contribution is 2.28. The maximum absolute atomic E-state index is 12.0. The molecular formula is C6H5F3N2. The van der Waals surface area contributed by atoms with Crippen molar-refractivity contribution in [3.05, 3.63) is 11.8 Å². The van der Waals surface area contributed by atoms with Gasteiger partial charge in [-0.1, -0.05) is 0 Å². The number of alkyl halides is 3. The molecule has 0 aromatic heterocycles. The summed E-state index contributed by atoms with van der Waals surface area (Å²) >= 11 is 0. The monoisotopic (exact) mass is 162 g/mol. The van der Waals surface area contributed by atoms with Gasteiger partial charge in [-0.15, -0.1) is 0 Å². The fraction of sp³-hybridized carbons (Fsp3) is 0.500. The second-order valence-electron chi connectivity index (χ2n) is 2.18. The van der Waals surface area contributed by atoms with Crippen molar-refractivity contribution in [3.8, 4) is 0 Å². The van der Waals surface area contributed by atoms with E-state index in [-0.39, 0.29) is 5.57 Å². The van der Waals surface area contributed by atoms with Crippen LogP contribution in [-0.2, 0) is 0 Å². The summed E-state index contributed by atoms with van der Waals surface area (Å²) in [5.74, 6) is 0. The highest BCUT2D eigenvalue weighted by Gasteiger charge is 2.41. The standard InChI is InChI=1S/C6H5F3N2/c1-4-2-10-3-11-5(4)6(7,8)9/h2,5H,1H3. The van der Waals surface area contributed by atoms with Crippen LogP contribution < -0.4 is 0 Å². The van der Waals surface area contributed by atoms with E-state index in [0.29, 0.717) is 0 Å². The number of aliphatic imine (C=N–C) groups is 2. The van der Waals surface area contributed by atoms with Gasteiger partial charge in [0.1, 0.15) is 0 Å². The van der Waals surface area contributed by atoms with E-state index in [4.69, 9.17) is 0 Å². The number of halogens is 3. The van der Waals surface area contributed by atoms with Crippen molar-refractivity contribution in [2.24, 2.45) is 9.98 Å². The summed E-state index contributed by atoms with van der Waals surface area (Å²) in [5.41, 5.74) is 0.0938. The van der Waals surface area contributed by atoms with Crippen molar-refractivity contribution in [3.63, 3.8) is 0 Å². The van der Waals surface area contributed by atoms with Gasteiger partial charge in [0.05, 0.1) is 6.01 Å². The lowest BCUT2D eigenvalue weighted by Gasteiger charge is -2.15. The molecule has 2 nitrogen and oxygen atoms in total. The number of hydrogen-bond donors (Lipinski definition) is 0.